The number of sulfone groups is 1. The molecule has 0 amide bonds. The van der Waals surface area contributed by atoms with Crippen molar-refractivity contribution in [2.45, 2.75) is 25.1 Å². The minimum atomic E-state index is -3.07. The van der Waals surface area contributed by atoms with E-state index in [2.05, 4.69) is 5.32 Å². The van der Waals surface area contributed by atoms with Crippen molar-refractivity contribution in [2.75, 3.05) is 24.3 Å². The Bertz CT molecular complexity index is 529. The van der Waals surface area contributed by atoms with Crippen LogP contribution in [0.4, 0.5) is 0 Å². The van der Waals surface area contributed by atoms with Crippen LogP contribution in [-0.4, -0.2) is 42.2 Å². The maximum Gasteiger partial charge on any atom is 0.148 e. The van der Waals surface area contributed by atoms with Crippen LogP contribution in [0.5, 0.6) is 0 Å². The summed E-state index contributed by atoms with van der Waals surface area (Å²) in [5.41, 5.74) is 1.08. The van der Waals surface area contributed by atoms with Gasteiger partial charge >= 0.3 is 0 Å². The van der Waals surface area contributed by atoms with Crippen molar-refractivity contribution in [3.63, 3.8) is 0 Å². The van der Waals surface area contributed by atoms with E-state index in [1.807, 2.05) is 44.2 Å². The lowest BCUT2D eigenvalue weighted by Gasteiger charge is -2.24. The largest absolute Gasteiger partial charge is 0.309 e. The number of nitrogens with one attached hydrogen (secondary N) is 1. The van der Waals surface area contributed by atoms with E-state index in [0.29, 0.717) is 0 Å². The van der Waals surface area contributed by atoms with Gasteiger partial charge in [-0.3, -0.25) is 4.21 Å². The zero-order valence-electron chi connectivity index (χ0n) is 12.2. The molecule has 0 radical (unpaired) electrons. The van der Waals surface area contributed by atoms with Crippen molar-refractivity contribution < 1.29 is 12.6 Å². The molecule has 3 unspecified atom stereocenters. The molecule has 0 saturated heterocycles. The fourth-order valence-electron chi connectivity index (χ4n) is 2.01. The monoisotopic (exact) mass is 317 g/mol. The van der Waals surface area contributed by atoms with Crippen molar-refractivity contribution in [1.82, 2.24) is 5.32 Å². The minimum absolute atomic E-state index is 0.0263. The quantitative estimate of drug-likeness (QED) is 0.789. The SMILES string of the molecule is CCNC(c1ccccc1)C(C)S(=O)CCS(C)(=O)=O. The van der Waals surface area contributed by atoms with Gasteiger partial charge in [-0.05, 0) is 19.0 Å². The van der Waals surface area contributed by atoms with Gasteiger partial charge in [-0.25, -0.2) is 8.42 Å². The smallest absolute Gasteiger partial charge is 0.148 e. The first-order valence-electron chi connectivity index (χ1n) is 6.68. The Morgan fingerprint density at radius 1 is 1.25 bits per heavy atom. The summed E-state index contributed by atoms with van der Waals surface area (Å²) in [6.45, 7) is 4.67. The Balaban J connectivity index is 2.79. The molecule has 114 valence electrons. The summed E-state index contributed by atoms with van der Waals surface area (Å²) < 4.78 is 34.6. The van der Waals surface area contributed by atoms with Crippen molar-refractivity contribution in [1.29, 1.82) is 0 Å². The van der Waals surface area contributed by atoms with E-state index in [1.165, 1.54) is 6.26 Å². The molecule has 0 aliphatic heterocycles. The Morgan fingerprint density at radius 2 is 1.85 bits per heavy atom. The maximum atomic E-state index is 12.3. The second kappa shape index (κ2) is 7.90. The summed E-state index contributed by atoms with van der Waals surface area (Å²) in [4.78, 5) is 0. The first-order chi connectivity index (χ1) is 9.35. The normalized spacial score (nSPS) is 16.6. The third-order valence-electron chi connectivity index (χ3n) is 3.12. The van der Waals surface area contributed by atoms with Gasteiger partial charge in [-0.1, -0.05) is 37.3 Å². The molecular formula is C14H23NO3S2. The molecule has 0 bridgehead atoms. The molecular weight excluding hydrogens is 294 g/mol. The van der Waals surface area contributed by atoms with Gasteiger partial charge in [0, 0.05) is 28.9 Å². The Labute approximate surface area is 124 Å². The second-order valence-electron chi connectivity index (χ2n) is 4.87. The van der Waals surface area contributed by atoms with Gasteiger partial charge in [0.05, 0.1) is 11.0 Å². The van der Waals surface area contributed by atoms with E-state index in [-0.39, 0.29) is 22.8 Å². The number of benzene rings is 1. The van der Waals surface area contributed by atoms with E-state index >= 15 is 0 Å². The lowest BCUT2D eigenvalue weighted by atomic mass is 10.0. The molecule has 4 nitrogen and oxygen atoms in total. The highest BCUT2D eigenvalue weighted by atomic mass is 32.2. The summed E-state index contributed by atoms with van der Waals surface area (Å²) in [7, 11) is -4.25. The van der Waals surface area contributed by atoms with E-state index in [1.54, 1.807) is 0 Å². The summed E-state index contributed by atoms with van der Waals surface area (Å²) in [5.74, 6) is 0.159. The van der Waals surface area contributed by atoms with Gasteiger partial charge in [0.2, 0.25) is 0 Å². The van der Waals surface area contributed by atoms with Crippen molar-refractivity contribution >= 4 is 20.6 Å². The van der Waals surface area contributed by atoms with Gasteiger partial charge < -0.3 is 5.32 Å². The van der Waals surface area contributed by atoms with Crippen LogP contribution < -0.4 is 5.32 Å². The van der Waals surface area contributed by atoms with Crippen LogP contribution in [0.25, 0.3) is 0 Å². The molecule has 1 aromatic carbocycles. The molecule has 0 heterocycles. The zero-order valence-corrected chi connectivity index (χ0v) is 13.8. The Morgan fingerprint density at radius 3 is 2.35 bits per heavy atom. The predicted molar refractivity (Wildman–Crippen MR) is 85.0 cm³/mol. The van der Waals surface area contributed by atoms with E-state index < -0.39 is 20.6 Å². The minimum Gasteiger partial charge on any atom is -0.309 e. The van der Waals surface area contributed by atoms with E-state index in [9.17, 15) is 12.6 Å². The van der Waals surface area contributed by atoms with E-state index in [0.717, 1.165) is 12.1 Å². The first-order valence-corrected chi connectivity index (χ1v) is 10.1. The summed E-state index contributed by atoms with van der Waals surface area (Å²) in [6, 6.07) is 9.81. The Kier molecular flexibility index (Phi) is 6.85. The van der Waals surface area contributed by atoms with Crippen LogP contribution in [0, 0.1) is 0 Å². The molecule has 0 fully saturated rings. The van der Waals surface area contributed by atoms with Crippen LogP contribution in [0.1, 0.15) is 25.5 Å². The van der Waals surface area contributed by atoms with Gasteiger partial charge in [-0.2, -0.15) is 0 Å². The van der Waals surface area contributed by atoms with Gasteiger partial charge in [0.1, 0.15) is 9.84 Å². The summed E-state index contributed by atoms with van der Waals surface area (Å²) in [5, 5.41) is 3.19. The summed E-state index contributed by atoms with van der Waals surface area (Å²) in [6.07, 6.45) is 1.17. The molecule has 3 atom stereocenters. The average molecular weight is 317 g/mol. The highest BCUT2D eigenvalue weighted by Crippen LogP contribution is 2.20. The van der Waals surface area contributed by atoms with Gasteiger partial charge in [-0.15, -0.1) is 0 Å². The topological polar surface area (TPSA) is 63.2 Å². The predicted octanol–water partition coefficient (Wildman–Crippen LogP) is 1.52. The third kappa shape index (κ3) is 5.73. The molecule has 0 aliphatic carbocycles. The fourth-order valence-corrected chi connectivity index (χ4v) is 4.80. The van der Waals surface area contributed by atoms with Gasteiger partial charge in [0.15, 0.2) is 0 Å². The molecule has 6 heteroatoms. The maximum absolute atomic E-state index is 12.3. The van der Waals surface area contributed by atoms with Crippen LogP contribution >= 0.6 is 0 Å². The molecule has 0 aromatic heterocycles. The number of hydrogen-bond donors (Lipinski definition) is 1. The molecule has 1 rings (SSSR count). The third-order valence-corrected chi connectivity index (χ3v) is 6.03. The first kappa shape index (κ1) is 17.3. The van der Waals surface area contributed by atoms with Crippen molar-refractivity contribution in [3.05, 3.63) is 35.9 Å². The van der Waals surface area contributed by atoms with Crippen LogP contribution in [0.3, 0.4) is 0 Å². The highest BCUT2D eigenvalue weighted by Gasteiger charge is 2.24. The van der Waals surface area contributed by atoms with Gasteiger partial charge in [0.25, 0.3) is 0 Å². The lowest BCUT2D eigenvalue weighted by Crippen LogP contribution is -2.34. The fraction of sp³-hybridized carbons (Fsp3) is 0.571. The number of hydrogen-bond acceptors (Lipinski definition) is 4. The molecule has 20 heavy (non-hydrogen) atoms. The van der Waals surface area contributed by atoms with Crippen LogP contribution in [-0.2, 0) is 20.6 Å². The molecule has 0 saturated carbocycles. The lowest BCUT2D eigenvalue weighted by molar-refractivity contribution is 0.535. The van der Waals surface area contributed by atoms with Crippen molar-refractivity contribution in [2.24, 2.45) is 0 Å². The van der Waals surface area contributed by atoms with Crippen molar-refractivity contribution in [3.8, 4) is 0 Å². The highest BCUT2D eigenvalue weighted by molar-refractivity contribution is 7.92. The molecule has 1 aromatic rings. The molecule has 0 aliphatic rings. The molecule has 1 N–H and O–H groups in total. The molecule has 0 spiro atoms. The van der Waals surface area contributed by atoms with Crippen LogP contribution in [0.15, 0.2) is 30.3 Å². The average Bonchev–Trinajstić information content (AvgIpc) is 2.41. The standard InChI is InChI=1S/C14H23NO3S2/c1-4-15-14(13-8-6-5-7-9-13)12(2)19(16)10-11-20(3,17)18/h5-9,12,14-15H,4,10-11H2,1-3H3. The second-order valence-corrected chi connectivity index (χ2v) is 9.04. The van der Waals surface area contributed by atoms with Crippen LogP contribution in [0.2, 0.25) is 0 Å². The summed E-state index contributed by atoms with van der Waals surface area (Å²) >= 11 is 0. The number of rotatable bonds is 8. The zero-order chi connectivity index (χ0) is 15.2. The van der Waals surface area contributed by atoms with E-state index in [4.69, 9.17) is 0 Å². The Hall–Kier alpha value is -0.720.